The summed E-state index contributed by atoms with van der Waals surface area (Å²) in [7, 11) is 1.56. The molecule has 1 amide bonds. The normalized spacial score (nSPS) is 11.8. The predicted octanol–water partition coefficient (Wildman–Crippen LogP) is 0.869. The number of ether oxygens (including phenoxy) is 1. The molecule has 0 aliphatic heterocycles. The van der Waals surface area contributed by atoms with Crippen molar-refractivity contribution >= 4 is 29.3 Å². The van der Waals surface area contributed by atoms with E-state index in [0.717, 1.165) is 11.8 Å². The molecule has 0 saturated carbocycles. The maximum atomic E-state index is 12.2. The van der Waals surface area contributed by atoms with Gasteiger partial charge in [-0.3, -0.25) is 4.79 Å². The first-order chi connectivity index (χ1) is 11.4. The molecule has 1 heterocycles. The molecule has 1 aromatic carbocycles. The lowest BCUT2D eigenvalue weighted by Gasteiger charge is -2.10. The van der Waals surface area contributed by atoms with E-state index < -0.39 is 17.2 Å². The number of esters is 1. The zero-order valence-corrected chi connectivity index (χ0v) is 14.3. The minimum absolute atomic E-state index is 0.246. The van der Waals surface area contributed by atoms with Gasteiger partial charge in [0.15, 0.2) is 13.0 Å². The summed E-state index contributed by atoms with van der Waals surface area (Å²) in [5.41, 5.74) is 0.947. The van der Waals surface area contributed by atoms with Crippen molar-refractivity contribution in [2.24, 2.45) is 7.05 Å². The zero-order valence-electron chi connectivity index (χ0n) is 13.4. The third kappa shape index (κ3) is 4.25. The summed E-state index contributed by atoms with van der Waals surface area (Å²) < 4.78 is 10.7. The highest BCUT2D eigenvalue weighted by molar-refractivity contribution is 8.00. The number of thioether (sulfide) groups is 1. The van der Waals surface area contributed by atoms with Crippen LogP contribution in [0.2, 0.25) is 0 Å². The molecule has 1 atom stereocenters. The Balaban J connectivity index is 1.97. The second-order valence-electron chi connectivity index (χ2n) is 4.84. The number of hydrogen-bond donors (Lipinski definition) is 1. The van der Waals surface area contributed by atoms with Gasteiger partial charge in [-0.2, -0.15) is 0 Å². The van der Waals surface area contributed by atoms with Crippen LogP contribution in [0.4, 0.5) is 5.69 Å². The van der Waals surface area contributed by atoms with Crippen molar-refractivity contribution in [1.82, 2.24) is 5.27 Å². The van der Waals surface area contributed by atoms with Crippen molar-refractivity contribution in [3.05, 3.63) is 29.8 Å². The van der Waals surface area contributed by atoms with Crippen LogP contribution in [0.1, 0.15) is 24.2 Å². The molecule has 0 bridgehead atoms. The van der Waals surface area contributed by atoms with Crippen LogP contribution >= 0.6 is 11.8 Å². The Morgan fingerprint density at radius 3 is 2.62 bits per heavy atom. The van der Waals surface area contributed by atoms with Crippen molar-refractivity contribution < 1.29 is 28.6 Å². The van der Waals surface area contributed by atoms with Gasteiger partial charge >= 0.3 is 5.97 Å². The third-order valence-corrected chi connectivity index (χ3v) is 4.26. The van der Waals surface area contributed by atoms with Crippen LogP contribution in [0.5, 0.6) is 5.95 Å². The lowest BCUT2D eigenvalue weighted by atomic mass is 10.2. The van der Waals surface area contributed by atoms with Gasteiger partial charge in [0.2, 0.25) is 5.91 Å². The molecule has 24 heavy (non-hydrogen) atoms. The van der Waals surface area contributed by atoms with E-state index in [2.05, 4.69) is 15.1 Å². The van der Waals surface area contributed by atoms with E-state index >= 15 is 0 Å². The number of nitrogens with one attached hydrogen (secondary N) is 1. The second kappa shape index (κ2) is 7.82. The molecule has 2 rings (SSSR count). The van der Waals surface area contributed by atoms with Crippen molar-refractivity contribution in [2.75, 3.05) is 11.9 Å². The Hall–Kier alpha value is -2.55. The third-order valence-electron chi connectivity index (χ3n) is 3.04. The lowest BCUT2D eigenvalue weighted by Crippen LogP contribution is -2.33. The minimum atomic E-state index is -0.582. The maximum Gasteiger partial charge on any atom is 0.338 e. The highest BCUT2D eigenvalue weighted by Crippen LogP contribution is 2.26. The first kappa shape index (κ1) is 17.8. The summed E-state index contributed by atoms with van der Waals surface area (Å²) in [4.78, 5) is 23.8. The smallest absolute Gasteiger partial charge is 0.338 e. The molecule has 0 spiro atoms. The van der Waals surface area contributed by atoms with Gasteiger partial charge in [0.05, 0.1) is 22.7 Å². The Morgan fingerprint density at radius 2 is 2.08 bits per heavy atom. The fourth-order valence-corrected chi connectivity index (χ4v) is 2.62. The molecule has 2 aromatic rings. The first-order valence-electron chi connectivity index (χ1n) is 7.20. The molecule has 8 nitrogen and oxygen atoms in total. The van der Waals surface area contributed by atoms with Gasteiger partial charge in [0.1, 0.15) is 0 Å². The minimum Gasteiger partial charge on any atom is -0.538 e. The topological polar surface area (TPSA) is 108 Å². The number of anilines is 1. The van der Waals surface area contributed by atoms with Crippen molar-refractivity contribution in [2.45, 2.75) is 24.1 Å². The molecular formula is C15H17N3O5S. The molecule has 0 radical (unpaired) electrons. The molecule has 0 fully saturated rings. The maximum absolute atomic E-state index is 12.2. The van der Waals surface area contributed by atoms with Gasteiger partial charge in [-0.1, -0.05) is 4.68 Å². The highest BCUT2D eigenvalue weighted by Gasteiger charge is 2.23. The fourth-order valence-electron chi connectivity index (χ4n) is 1.80. The quantitative estimate of drug-likeness (QED) is 0.467. The van der Waals surface area contributed by atoms with Crippen LogP contribution in [-0.4, -0.2) is 29.0 Å². The van der Waals surface area contributed by atoms with E-state index in [1.165, 1.54) is 4.68 Å². The largest absolute Gasteiger partial charge is 0.538 e. The number of benzene rings is 1. The van der Waals surface area contributed by atoms with Gasteiger partial charge in [-0.15, -0.1) is 0 Å². The summed E-state index contributed by atoms with van der Waals surface area (Å²) in [6.07, 6.45) is 0. The van der Waals surface area contributed by atoms with Crippen molar-refractivity contribution in [1.29, 1.82) is 0 Å². The second-order valence-corrected chi connectivity index (χ2v) is 6.17. The van der Waals surface area contributed by atoms with E-state index in [9.17, 15) is 14.7 Å². The van der Waals surface area contributed by atoms with Gasteiger partial charge in [0, 0.05) is 5.69 Å². The Labute approximate surface area is 142 Å². The Bertz CT molecular complexity index is 710. The summed E-state index contributed by atoms with van der Waals surface area (Å²) in [5, 5.41) is 17.4. The van der Waals surface area contributed by atoms with Gasteiger partial charge in [0.25, 0.3) is 5.03 Å². The van der Waals surface area contributed by atoms with E-state index in [1.807, 2.05) is 0 Å². The number of aryl methyl sites for hydroxylation is 1. The molecule has 9 heteroatoms. The van der Waals surface area contributed by atoms with Crippen molar-refractivity contribution in [3.63, 3.8) is 0 Å². The average molecular weight is 351 g/mol. The predicted molar refractivity (Wildman–Crippen MR) is 83.5 cm³/mol. The summed E-state index contributed by atoms with van der Waals surface area (Å²) in [6.45, 7) is 3.70. The van der Waals surface area contributed by atoms with Crippen LogP contribution in [-0.2, 0) is 16.6 Å². The van der Waals surface area contributed by atoms with E-state index in [1.54, 1.807) is 45.2 Å². The molecular weight excluding hydrogens is 334 g/mol. The number of amides is 1. The van der Waals surface area contributed by atoms with Crippen LogP contribution in [0.3, 0.4) is 0 Å². The van der Waals surface area contributed by atoms with E-state index in [4.69, 9.17) is 4.74 Å². The fraction of sp³-hybridized carbons (Fsp3) is 0.333. The van der Waals surface area contributed by atoms with Crippen molar-refractivity contribution in [3.8, 4) is 5.95 Å². The first-order valence-corrected chi connectivity index (χ1v) is 8.08. The Morgan fingerprint density at radius 1 is 1.42 bits per heavy atom. The molecule has 0 aliphatic carbocycles. The lowest BCUT2D eigenvalue weighted by molar-refractivity contribution is -0.772. The summed E-state index contributed by atoms with van der Waals surface area (Å²) >= 11 is 1.05. The molecule has 128 valence electrons. The van der Waals surface area contributed by atoms with Crippen LogP contribution in [0.15, 0.2) is 33.8 Å². The summed E-state index contributed by atoms with van der Waals surface area (Å²) in [6, 6.07) is 6.36. The number of carbonyl (C=O) groups is 2. The Kier molecular flexibility index (Phi) is 5.80. The SMILES string of the molecule is CCOC(=O)c1ccc(NC(=O)C(C)Sc2c([O-])on[n+]2C)cc1. The molecule has 0 saturated heterocycles. The van der Waals surface area contributed by atoms with Crippen LogP contribution in [0.25, 0.3) is 0 Å². The summed E-state index contributed by atoms with van der Waals surface area (Å²) in [5.74, 6) is -1.28. The number of rotatable bonds is 6. The zero-order chi connectivity index (χ0) is 17.7. The molecule has 1 unspecified atom stereocenters. The highest BCUT2D eigenvalue weighted by atomic mass is 32.2. The van der Waals surface area contributed by atoms with Gasteiger partial charge < -0.3 is 19.7 Å². The van der Waals surface area contributed by atoms with Crippen LogP contribution < -0.4 is 15.1 Å². The van der Waals surface area contributed by atoms with Gasteiger partial charge in [-0.25, -0.2) is 4.79 Å². The molecule has 1 N–H and O–H groups in total. The van der Waals surface area contributed by atoms with E-state index in [-0.39, 0.29) is 10.9 Å². The number of carbonyl (C=O) groups excluding carboxylic acids is 2. The molecule has 1 aromatic heterocycles. The standard InChI is InChI=1S/C15H17N3O5S/c1-4-22-14(20)10-5-7-11(8-6-10)16-12(19)9(2)24-13-15(21)23-17-18(13)3/h5-9H,4H2,1-3H3,(H-,16,17,19,20,21). The number of aromatic nitrogens is 2. The monoisotopic (exact) mass is 351 g/mol. The number of hydrogen-bond acceptors (Lipinski definition) is 7. The van der Waals surface area contributed by atoms with E-state index in [0.29, 0.717) is 17.9 Å². The van der Waals surface area contributed by atoms with Gasteiger partial charge in [-0.05, 0) is 49.9 Å². The number of nitrogens with zero attached hydrogens (tertiary/aromatic N) is 2. The van der Waals surface area contributed by atoms with Crippen LogP contribution in [0, 0.1) is 0 Å². The molecule has 0 aliphatic rings. The average Bonchev–Trinajstić information content (AvgIpc) is 2.87.